The first-order valence-electron chi connectivity index (χ1n) is 11.9. The van der Waals surface area contributed by atoms with Crippen molar-refractivity contribution in [2.24, 2.45) is 0 Å². The summed E-state index contributed by atoms with van der Waals surface area (Å²) in [5, 5.41) is 0. The summed E-state index contributed by atoms with van der Waals surface area (Å²) in [6.07, 6.45) is 15.2. The van der Waals surface area contributed by atoms with Crippen molar-refractivity contribution in [2.75, 3.05) is 33.1 Å². The standard InChI is InChI=1S/C33H33N2.ClH/c1-34(2)30-22-18-26(19-23-30)12-11-17-32(27-13-7-5-8-14-27)33(28-15-9-6-10-16-28)29-20-24-31(25-21-29)35(3)4;/h5-25H,1-4H3;1H/q+1;/p-1. The molecule has 182 valence electrons. The van der Waals surface area contributed by atoms with E-state index in [1.807, 2.05) is 0 Å². The summed E-state index contributed by atoms with van der Waals surface area (Å²) < 4.78 is 2.11. The molecule has 0 saturated heterocycles. The maximum atomic E-state index is 2.23. The molecule has 0 aliphatic heterocycles. The highest BCUT2D eigenvalue weighted by atomic mass is 35.5. The second-order valence-corrected chi connectivity index (χ2v) is 8.97. The molecule has 0 spiro atoms. The number of hydrogen-bond donors (Lipinski definition) is 0. The maximum absolute atomic E-state index is 2.23. The van der Waals surface area contributed by atoms with Gasteiger partial charge in [0.25, 0.3) is 0 Å². The lowest BCUT2D eigenvalue weighted by atomic mass is 9.89. The van der Waals surface area contributed by atoms with Gasteiger partial charge in [0, 0.05) is 31.9 Å². The van der Waals surface area contributed by atoms with Gasteiger partial charge in [0.15, 0.2) is 5.71 Å². The number of hydrogen-bond acceptors (Lipinski definition) is 1. The quantitative estimate of drug-likeness (QED) is 0.286. The molecule has 3 aromatic carbocycles. The summed E-state index contributed by atoms with van der Waals surface area (Å²) in [7, 11) is 8.27. The van der Waals surface area contributed by atoms with Crippen molar-refractivity contribution in [3.05, 3.63) is 150 Å². The van der Waals surface area contributed by atoms with Gasteiger partial charge in [-0.25, -0.2) is 4.58 Å². The van der Waals surface area contributed by atoms with Crippen LogP contribution < -0.4 is 17.3 Å². The Morgan fingerprint density at radius 2 is 1.19 bits per heavy atom. The lowest BCUT2D eigenvalue weighted by Crippen LogP contribution is -3.00. The zero-order valence-electron chi connectivity index (χ0n) is 21.4. The Hall–Kier alpha value is -3.88. The highest BCUT2D eigenvalue weighted by Gasteiger charge is 2.12. The summed E-state index contributed by atoms with van der Waals surface area (Å²) in [6, 6.07) is 30.1. The molecule has 0 atom stereocenters. The Balaban J connectivity index is 0.00000361. The normalized spacial score (nSPS) is 13.3. The minimum Gasteiger partial charge on any atom is -1.00 e. The minimum absolute atomic E-state index is 0. The fourth-order valence-electron chi connectivity index (χ4n) is 4.09. The Bertz CT molecular complexity index is 1320. The molecule has 0 amide bonds. The predicted molar refractivity (Wildman–Crippen MR) is 152 cm³/mol. The Labute approximate surface area is 222 Å². The average molecular weight is 493 g/mol. The third kappa shape index (κ3) is 6.62. The molecule has 0 unspecified atom stereocenters. The lowest BCUT2D eigenvalue weighted by molar-refractivity contribution is -0.462. The van der Waals surface area contributed by atoms with E-state index in [1.165, 1.54) is 44.8 Å². The van der Waals surface area contributed by atoms with Crippen molar-refractivity contribution in [2.45, 2.75) is 0 Å². The van der Waals surface area contributed by atoms with Crippen molar-refractivity contribution >= 4 is 22.5 Å². The molecular weight excluding hydrogens is 460 g/mol. The Kier molecular flexibility index (Phi) is 9.44. The summed E-state index contributed by atoms with van der Waals surface area (Å²) in [5.74, 6) is 0. The SMILES string of the molecule is CN(C)c1ccc(C(=C(C=CC=C2C=CC(=[N+](C)C)C=C2)c2ccccc2)c2ccccc2)cc1.[Cl-]. The molecule has 1 aliphatic rings. The fraction of sp³-hybridized carbons (Fsp3) is 0.121. The van der Waals surface area contributed by atoms with Gasteiger partial charge in [-0.2, -0.15) is 0 Å². The number of halogens is 1. The van der Waals surface area contributed by atoms with Gasteiger partial charge in [-0.05, 0) is 57.7 Å². The van der Waals surface area contributed by atoms with E-state index >= 15 is 0 Å². The number of anilines is 1. The van der Waals surface area contributed by atoms with Gasteiger partial charge in [0.2, 0.25) is 0 Å². The van der Waals surface area contributed by atoms with E-state index in [0.29, 0.717) is 0 Å². The van der Waals surface area contributed by atoms with E-state index in [9.17, 15) is 0 Å². The summed E-state index contributed by atoms with van der Waals surface area (Å²) in [4.78, 5) is 2.13. The predicted octanol–water partition coefficient (Wildman–Crippen LogP) is 4.04. The van der Waals surface area contributed by atoms with Crippen LogP contribution in [0.3, 0.4) is 0 Å². The van der Waals surface area contributed by atoms with Crippen LogP contribution in [-0.4, -0.2) is 38.5 Å². The zero-order valence-corrected chi connectivity index (χ0v) is 22.2. The Morgan fingerprint density at radius 1 is 0.667 bits per heavy atom. The van der Waals surface area contributed by atoms with Crippen LogP contribution in [0.25, 0.3) is 11.1 Å². The summed E-state index contributed by atoms with van der Waals surface area (Å²) in [6.45, 7) is 0. The largest absolute Gasteiger partial charge is 1.00 e. The molecule has 36 heavy (non-hydrogen) atoms. The van der Waals surface area contributed by atoms with Gasteiger partial charge in [0.1, 0.15) is 14.1 Å². The number of benzene rings is 3. The van der Waals surface area contributed by atoms with Gasteiger partial charge in [-0.15, -0.1) is 0 Å². The van der Waals surface area contributed by atoms with E-state index in [1.54, 1.807) is 0 Å². The summed E-state index contributed by atoms with van der Waals surface area (Å²) >= 11 is 0. The van der Waals surface area contributed by atoms with Gasteiger partial charge >= 0.3 is 0 Å². The molecule has 0 saturated carbocycles. The molecule has 0 bridgehead atoms. The van der Waals surface area contributed by atoms with Crippen LogP contribution in [0.5, 0.6) is 0 Å². The fourth-order valence-corrected chi connectivity index (χ4v) is 4.09. The van der Waals surface area contributed by atoms with Crippen LogP contribution in [0.4, 0.5) is 5.69 Å². The van der Waals surface area contributed by atoms with Crippen LogP contribution in [-0.2, 0) is 0 Å². The minimum atomic E-state index is 0. The molecule has 0 heterocycles. The van der Waals surface area contributed by atoms with Crippen molar-refractivity contribution in [3.63, 3.8) is 0 Å². The number of allylic oxidation sites excluding steroid dienone is 9. The highest BCUT2D eigenvalue weighted by Crippen LogP contribution is 2.34. The topological polar surface area (TPSA) is 6.25 Å². The Morgan fingerprint density at radius 3 is 1.72 bits per heavy atom. The molecule has 0 N–H and O–H groups in total. The molecule has 3 heteroatoms. The first kappa shape index (κ1) is 26.7. The van der Waals surface area contributed by atoms with Crippen molar-refractivity contribution in [1.29, 1.82) is 0 Å². The molecule has 0 fully saturated rings. The van der Waals surface area contributed by atoms with E-state index in [0.717, 1.165) is 0 Å². The molecule has 0 aromatic heterocycles. The van der Waals surface area contributed by atoms with Gasteiger partial charge < -0.3 is 17.3 Å². The maximum Gasteiger partial charge on any atom is 0.199 e. The average Bonchev–Trinajstić information content (AvgIpc) is 2.89. The number of rotatable bonds is 6. The van der Waals surface area contributed by atoms with E-state index in [-0.39, 0.29) is 12.4 Å². The first-order valence-corrected chi connectivity index (χ1v) is 11.9. The highest BCUT2D eigenvalue weighted by molar-refractivity contribution is 6.03. The van der Waals surface area contributed by atoms with Crippen LogP contribution in [0.1, 0.15) is 16.7 Å². The molecule has 1 aliphatic carbocycles. The molecule has 2 nitrogen and oxygen atoms in total. The van der Waals surface area contributed by atoms with Crippen molar-refractivity contribution in [3.8, 4) is 0 Å². The molecule has 3 aromatic rings. The zero-order chi connectivity index (χ0) is 24.6. The smallest absolute Gasteiger partial charge is 0.199 e. The van der Waals surface area contributed by atoms with E-state index < -0.39 is 0 Å². The summed E-state index contributed by atoms with van der Waals surface area (Å²) in [5.41, 5.74) is 9.55. The van der Waals surface area contributed by atoms with E-state index in [2.05, 4.69) is 165 Å². The van der Waals surface area contributed by atoms with Gasteiger partial charge in [0.05, 0.1) is 0 Å². The first-order chi connectivity index (χ1) is 17.0. The van der Waals surface area contributed by atoms with Crippen molar-refractivity contribution < 1.29 is 17.0 Å². The van der Waals surface area contributed by atoms with Crippen LogP contribution in [0, 0.1) is 0 Å². The van der Waals surface area contributed by atoms with Crippen LogP contribution in [0.15, 0.2) is 133 Å². The lowest BCUT2D eigenvalue weighted by Gasteiger charge is -2.17. The number of nitrogens with zero attached hydrogens (tertiary/aromatic N) is 2. The third-order valence-electron chi connectivity index (χ3n) is 6.05. The van der Waals surface area contributed by atoms with E-state index in [4.69, 9.17) is 0 Å². The third-order valence-corrected chi connectivity index (χ3v) is 6.05. The van der Waals surface area contributed by atoms with Crippen LogP contribution >= 0.6 is 0 Å². The second-order valence-electron chi connectivity index (χ2n) is 8.97. The van der Waals surface area contributed by atoms with Crippen molar-refractivity contribution in [1.82, 2.24) is 0 Å². The molecular formula is C33H33ClN2. The monoisotopic (exact) mass is 492 g/mol. The second kappa shape index (κ2) is 12.7. The molecule has 0 radical (unpaired) electrons. The van der Waals surface area contributed by atoms with Crippen LogP contribution in [0.2, 0.25) is 0 Å². The van der Waals surface area contributed by atoms with Gasteiger partial charge in [-0.1, -0.05) is 91.0 Å². The molecule has 4 rings (SSSR count). The van der Waals surface area contributed by atoms with Gasteiger partial charge in [-0.3, -0.25) is 0 Å².